The van der Waals surface area contributed by atoms with E-state index < -0.39 is 26.4 Å². The van der Waals surface area contributed by atoms with Gasteiger partial charge in [0.2, 0.25) is 0 Å². The van der Waals surface area contributed by atoms with Crippen LogP contribution in [0.4, 0.5) is 0 Å². The molecule has 2 rings (SSSR count). The van der Waals surface area contributed by atoms with Gasteiger partial charge in [0.25, 0.3) is 10.1 Å². The van der Waals surface area contributed by atoms with Gasteiger partial charge in [-0.25, -0.2) is 0 Å². The first kappa shape index (κ1) is 13.8. The molecule has 4 nitrogen and oxygen atoms in total. The summed E-state index contributed by atoms with van der Waals surface area (Å²) in [6, 6.07) is 0. The Morgan fingerprint density at radius 1 is 1.11 bits per heavy atom. The fraction of sp³-hybridized carbons (Fsp3) is 0.692. The average molecular weight is 272 g/mol. The fourth-order valence-electron chi connectivity index (χ4n) is 2.89. The maximum atomic E-state index is 11.0. The van der Waals surface area contributed by atoms with E-state index in [-0.39, 0.29) is 0 Å². The van der Waals surface area contributed by atoms with Gasteiger partial charge in [0, 0.05) is 5.41 Å². The van der Waals surface area contributed by atoms with Crippen molar-refractivity contribution in [1.82, 2.24) is 0 Å². The van der Waals surface area contributed by atoms with E-state index in [2.05, 4.69) is 0 Å². The highest BCUT2D eigenvalue weighted by molar-refractivity contribution is 7.86. The van der Waals surface area contributed by atoms with Crippen LogP contribution in [0.3, 0.4) is 0 Å². The molecule has 5 heteroatoms. The molecule has 0 aromatic rings. The number of aliphatic hydroxyl groups is 1. The zero-order valence-electron chi connectivity index (χ0n) is 10.5. The minimum atomic E-state index is -4.08. The Morgan fingerprint density at radius 2 is 1.61 bits per heavy atom. The lowest BCUT2D eigenvalue weighted by atomic mass is 9.65. The van der Waals surface area contributed by atoms with Gasteiger partial charge in [-0.2, -0.15) is 8.42 Å². The van der Waals surface area contributed by atoms with Crippen molar-refractivity contribution in [3.8, 4) is 0 Å². The van der Waals surface area contributed by atoms with Crippen molar-refractivity contribution in [3.63, 3.8) is 0 Å². The first-order valence-corrected chi connectivity index (χ1v) is 7.85. The van der Waals surface area contributed by atoms with E-state index in [4.69, 9.17) is 4.55 Å². The van der Waals surface area contributed by atoms with Crippen molar-refractivity contribution >= 4 is 10.1 Å². The van der Waals surface area contributed by atoms with E-state index in [0.29, 0.717) is 0 Å². The van der Waals surface area contributed by atoms with Crippen LogP contribution < -0.4 is 0 Å². The van der Waals surface area contributed by atoms with Crippen LogP contribution in [0.25, 0.3) is 0 Å². The van der Waals surface area contributed by atoms with Gasteiger partial charge < -0.3 is 5.11 Å². The second-order valence-corrected chi connectivity index (χ2v) is 7.15. The molecule has 0 aliphatic heterocycles. The molecule has 1 fully saturated rings. The van der Waals surface area contributed by atoms with Crippen LogP contribution in [0, 0.1) is 5.41 Å². The molecular weight excluding hydrogens is 252 g/mol. The van der Waals surface area contributed by atoms with Crippen LogP contribution in [-0.4, -0.2) is 28.9 Å². The fourth-order valence-corrected chi connectivity index (χ4v) is 3.45. The van der Waals surface area contributed by atoms with Crippen molar-refractivity contribution in [2.75, 3.05) is 0 Å². The first-order valence-electron chi connectivity index (χ1n) is 6.34. The van der Waals surface area contributed by atoms with Crippen LogP contribution in [0.2, 0.25) is 0 Å². The van der Waals surface area contributed by atoms with Crippen LogP contribution in [-0.2, 0) is 10.1 Å². The van der Waals surface area contributed by atoms with Gasteiger partial charge in [0.05, 0.1) is 5.60 Å². The Balaban J connectivity index is 2.23. The van der Waals surface area contributed by atoms with Gasteiger partial charge in [0.1, 0.15) is 5.25 Å². The average Bonchev–Trinajstić information content (AvgIpc) is 2.29. The smallest absolute Gasteiger partial charge is 0.275 e. The molecule has 0 saturated heterocycles. The maximum absolute atomic E-state index is 11.0. The summed E-state index contributed by atoms with van der Waals surface area (Å²) in [4.78, 5) is 0. The number of hydrogen-bond acceptors (Lipinski definition) is 3. The molecule has 1 saturated carbocycles. The molecule has 0 radical (unpaired) electrons. The van der Waals surface area contributed by atoms with Crippen LogP contribution in [0.1, 0.15) is 39.0 Å². The van der Waals surface area contributed by atoms with E-state index in [1.807, 2.05) is 6.92 Å². The lowest BCUT2D eigenvalue weighted by Gasteiger charge is -2.45. The molecule has 0 unspecified atom stereocenters. The molecule has 0 aromatic heterocycles. The molecule has 0 heterocycles. The second kappa shape index (κ2) is 4.47. The van der Waals surface area contributed by atoms with Crippen LogP contribution >= 0.6 is 0 Å². The summed E-state index contributed by atoms with van der Waals surface area (Å²) in [6.45, 7) is 1.91. The molecular formula is C13H20O4S. The first-order chi connectivity index (χ1) is 8.27. The topological polar surface area (TPSA) is 74.6 Å². The van der Waals surface area contributed by atoms with E-state index in [0.717, 1.165) is 32.1 Å². The van der Waals surface area contributed by atoms with Gasteiger partial charge in [-0.15, -0.1) is 0 Å². The standard InChI is InChI=1S/C13H20O4S/c1-12(13(14)7-3-2-4-8-13)9-5-11(6-10-12)18(15,16)17/h5-6,9-11,14H,2-4,7-8H2,1H3,(H,15,16,17). The minimum absolute atomic E-state index is 0.547. The number of rotatable bonds is 2. The van der Waals surface area contributed by atoms with Gasteiger partial charge in [-0.1, -0.05) is 43.6 Å². The van der Waals surface area contributed by atoms with Gasteiger partial charge in [-0.3, -0.25) is 4.55 Å². The maximum Gasteiger partial charge on any atom is 0.275 e. The highest BCUT2D eigenvalue weighted by Gasteiger charge is 2.45. The number of hydrogen-bond donors (Lipinski definition) is 2. The molecule has 18 heavy (non-hydrogen) atoms. The summed E-state index contributed by atoms with van der Waals surface area (Å²) in [5.41, 5.74) is -1.35. The van der Waals surface area contributed by atoms with E-state index in [1.165, 1.54) is 12.2 Å². The summed E-state index contributed by atoms with van der Waals surface area (Å²) < 4.78 is 31.1. The molecule has 0 bridgehead atoms. The third-order valence-corrected chi connectivity index (χ3v) is 5.29. The summed E-state index contributed by atoms with van der Waals surface area (Å²) in [5, 5.41) is 9.74. The third-order valence-electron chi connectivity index (χ3n) is 4.29. The quantitative estimate of drug-likeness (QED) is 0.596. The summed E-state index contributed by atoms with van der Waals surface area (Å²) >= 11 is 0. The molecule has 0 atom stereocenters. The Morgan fingerprint density at radius 3 is 2.06 bits per heavy atom. The van der Waals surface area contributed by atoms with Crippen molar-refractivity contribution in [2.45, 2.75) is 49.9 Å². The SMILES string of the molecule is CC1(C2(O)CCCCC2)C=CC(S(=O)(=O)O)C=C1. The Bertz CT molecular complexity index is 455. The second-order valence-electron chi connectivity index (χ2n) is 5.57. The van der Waals surface area contributed by atoms with Crippen molar-refractivity contribution in [1.29, 1.82) is 0 Å². The van der Waals surface area contributed by atoms with Gasteiger partial charge >= 0.3 is 0 Å². The van der Waals surface area contributed by atoms with Crippen molar-refractivity contribution < 1.29 is 18.1 Å². The van der Waals surface area contributed by atoms with Gasteiger partial charge in [0.15, 0.2) is 0 Å². The zero-order valence-corrected chi connectivity index (χ0v) is 11.4. The predicted molar refractivity (Wildman–Crippen MR) is 69.8 cm³/mol. The molecule has 102 valence electrons. The third kappa shape index (κ3) is 2.39. The molecule has 2 N–H and O–H groups in total. The van der Waals surface area contributed by atoms with Crippen LogP contribution in [0.15, 0.2) is 24.3 Å². The zero-order chi connectivity index (χ0) is 13.4. The molecule has 0 aromatic carbocycles. The lowest BCUT2D eigenvalue weighted by Crippen LogP contribution is -2.46. The Kier molecular flexibility index (Phi) is 3.42. The molecule has 0 amide bonds. The van der Waals surface area contributed by atoms with E-state index in [9.17, 15) is 13.5 Å². The monoisotopic (exact) mass is 272 g/mol. The predicted octanol–water partition coefficient (Wildman–Crippen LogP) is 2.07. The Hall–Kier alpha value is -0.650. The summed E-state index contributed by atoms with van der Waals surface area (Å²) in [6.07, 6.45) is 10.9. The molecule has 2 aliphatic carbocycles. The van der Waals surface area contributed by atoms with E-state index >= 15 is 0 Å². The highest BCUT2D eigenvalue weighted by Crippen LogP contribution is 2.45. The minimum Gasteiger partial charge on any atom is -0.389 e. The summed E-state index contributed by atoms with van der Waals surface area (Å²) in [5.74, 6) is 0. The van der Waals surface area contributed by atoms with Gasteiger partial charge in [-0.05, 0) is 19.8 Å². The Labute approximate surface area is 108 Å². The van der Waals surface area contributed by atoms with Crippen LogP contribution in [0.5, 0.6) is 0 Å². The van der Waals surface area contributed by atoms with Crippen molar-refractivity contribution in [2.24, 2.45) is 5.41 Å². The molecule has 0 spiro atoms. The van der Waals surface area contributed by atoms with Crippen molar-refractivity contribution in [3.05, 3.63) is 24.3 Å². The lowest BCUT2D eigenvalue weighted by molar-refractivity contribution is -0.0588. The summed E-state index contributed by atoms with van der Waals surface area (Å²) in [7, 11) is -4.08. The largest absolute Gasteiger partial charge is 0.389 e. The highest BCUT2D eigenvalue weighted by atomic mass is 32.2. The normalized spacial score (nSPS) is 35.6. The van der Waals surface area contributed by atoms with E-state index in [1.54, 1.807) is 12.2 Å². The molecule has 2 aliphatic rings.